The third-order valence-electron chi connectivity index (χ3n) is 4.01. The normalized spacial score (nSPS) is 15.2. The number of carbonyl (C=O) groups is 1. The van der Waals surface area contributed by atoms with Crippen molar-refractivity contribution in [3.05, 3.63) is 53.6 Å². The molecule has 0 fully saturated rings. The first-order valence-corrected chi connectivity index (χ1v) is 9.31. The number of aromatic nitrogens is 2. The van der Waals surface area contributed by atoms with Gasteiger partial charge in [0.1, 0.15) is 12.3 Å². The minimum absolute atomic E-state index is 0.129. The molecule has 3 rings (SSSR count). The number of aliphatic imine (C=N–C) groups is 1. The molecule has 1 aliphatic rings. The van der Waals surface area contributed by atoms with Crippen molar-refractivity contribution in [2.45, 2.75) is 46.1 Å². The van der Waals surface area contributed by atoms with Crippen molar-refractivity contribution < 1.29 is 9.53 Å². The van der Waals surface area contributed by atoms with Crippen LogP contribution in [0.15, 0.2) is 41.7 Å². The summed E-state index contributed by atoms with van der Waals surface area (Å²) in [6.07, 6.45) is 5.68. The molecule has 1 aromatic heterocycles. The van der Waals surface area contributed by atoms with E-state index in [1.165, 1.54) is 11.8 Å². The summed E-state index contributed by atoms with van der Waals surface area (Å²) in [5.41, 5.74) is 8.56. The Hall–Kier alpha value is -2.96. The zero-order chi connectivity index (χ0) is 19.6. The fraction of sp³-hybridized carbons (Fsp3) is 0.400. The summed E-state index contributed by atoms with van der Waals surface area (Å²) in [6.45, 7) is 6.55. The standard InChI is InChI=1S/C18H21N5O2.C2H6/c1-2-13-9-21-16(10-20-13)17(24)22-14-6-3-12(4-7-14)5-8-15-11-25-18(19)23-15;1-2/h3-4,6-7,9-10,15H,2,5,8,11H2,1H3,(H2,19,23)(H,22,24);1-2H3. The van der Waals surface area contributed by atoms with Crippen molar-refractivity contribution in [3.8, 4) is 0 Å². The van der Waals surface area contributed by atoms with Crippen LogP contribution in [0.4, 0.5) is 5.69 Å². The third kappa shape index (κ3) is 6.06. The average molecular weight is 369 g/mol. The van der Waals surface area contributed by atoms with Crippen LogP contribution in [-0.2, 0) is 17.6 Å². The number of nitrogens with one attached hydrogen (secondary N) is 1. The Labute approximate surface area is 160 Å². The maximum absolute atomic E-state index is 12.2. The Bertz CT molecular complexity index is 757. The highest BCUT2D eigenvalue weighted by molar-refractivity contribution is 6.02. The van der Waals surface area contributed by atoms with Gasteiger partial charge in [0.05, 0.1) is 17.9 Å². The lowest BCUT2D eigenvalue weighted by Crippen LogP contribution is -2.14. The minimum Gasteiger partial charge on any atom is -0.463 e. The molecular weight excluding hydrogens is 342 g/mol. The second kappa shape index (κ2) is 10.3. The van der Waals surface area contributed by atoms with Crippen LogP contribution in [0.1, 0.15) is 48.9 Å². The van der Waals surface area contributed by atoms with Crippen molar-refractivity contribution in [3.63, 3.8) is 0 Å². The molecule has 0 radical (unpaired) electrons. The molecule has 0 spiro atoms. The number of nitrogens with zero attached hydrogens (tertiary/aromatic N) is 3. The number of hydrogen-bond acceptors (Lipinski definition) is 6. The second-order valence-electron chi connectivity index (χ2n) is 5.87. The molecule has 7 heteroatoms. The SMILES string of the molecule is CC.CCc1cnc(C(=O)Nc2ccc(CCC3COC(N)=N3)cc2)cn1. The van der Waals surface area contributed by atoms with Crippen molar-refractivity contribution in [2.75, 3.05) is 11.9 Å². The number of anilines is 1. The number of aryl methyl sites for hydroxylation is 2. The number of ether oxygens (including phenoxy) is 1. The first-order valence-electron chi connectivity index (χ1n) is 9.31. The van der Waals surface area contributed by atoms with Crippen LogP contribution in [-0.4, -0.2) is 34.5 Å². The second-order valence-corrected chi connectivity index (χ2v) is 5.87. The fourth-order valence-corrected chi connectivity index (χ4v) is 2.52. The van der Waals surface area contributed by atoms with Gasteiger partial charge < -0.3 is 15.8 Å². The lowest BCUT2D eigenvalue weighted by Gasteiger charge is -2.08. The first kappa shape index (κ1) is 20.4. The molecule has 1 amide bonds. The first-order chi connectivity index (χ1) is 13.1. The summed E-state index contributed by atoms with van der Waals surface area (Å²) in [6, 6.07) is 8.14. The van der Waals surface area contributed by atoms with Gasteiger partial charge in [0.2, 0.25) is 0 Å². The van der Waals surface area contributed by atoms with Crippen LogP contribution in [0.3, 0.4) is 0 Å². The number of amidine groups is 1. The average Bonchev–Trinajstić information content (AvgIpc) is 3.14. The molecule has 0 bridgehead atoms. The van der Waals surface area contributed by atoms with E-state index in [1.807, 2.05) is 45.0 Å². The summed E-state index contributed by atoms with van der Waals surface area (Å²) < 4.78 is 5.14. The molecule has 0 aliphatic carbocycles. The van der Waals surface area contributed by atoms with Crippen molar-refractivity contribution in [1.82, 2.24) is 9.97 Å². The summed E-state index contributed by atoms with van der Waals surface area (Å²) >= 11 is 0. The van der Waals surface area contributed by atoms with Gasteiger partial charge in [-0.3, -0.25) is 9.78 Å². The Morgan fingerprint density at radius 3 is 2.52 bits per heavy atom. The Morgan fingerprint density at radius 2 is 1.96 bits per heavy atom. The zero-order valence-corrected chi connectivity index (χ0v) is 16.1. The number of nitrogens with two attached hydrogens (primary N) is 1. The molecule has 2 aromatic rings. The molecule has 1 aromatic carbocycles. The van der Waals surface area contributed by atoms with Gasteiger partial charge in [-0.05, 0) is 37.0 Å². The number of hydrogen-bond donors (Lipinski definition) is 2. The van der Waals surface area contributed by atoms with Gasteiger partial charge in [0.15, 0.2) is 0 Å². The van der Waals surface area contributed by atoms with Gasteiger partial charge in [-0.25, -0.2) is 9.98 Å². The van der Waals surface area contributed by atoms with E-state index in [9.17, 15) is 4.79 Å². The largest absolute Gasteiger partial charge is 0.463 e. The van der Waals surface area contributed by atoms with Gasteiger partial charge in [-0.2, -0.15) is 0 Å². The van der Waals surface area contributed by atoms with E-state index in [2.05, 4.69) is 20.3 Å². The summed E-state index contributed by atoms with van der Waals surface area (Å²) in [4.78, 5) is 24.7. The van der Waals surface area contributed by atoms with Gasteiger partial charge in [0.25, 0.3) is 11.9 Å². The lowest BCUT2D eigenvalue weighted by atomic mass is 10.1. The molecule has 3 N–H and O–H groups in total. The quantitative estimate of drug-likeness (QED) is 0.815. The van der Waals surface area contributed by atoms with Gasteiger partial charge in [-0.1, -0.05) is 32.9 Å². The maximum atomic E-state index is 12.2. The predicted octanol–water partition coefficient (Wildman–Crippen LogP) is 2.96. The van der Waals surface area contributed by atoms with Crippen LogP contribution in [0.2, 0.25) is 0 Å². The molecule has 0 saturated carbocycles. The van der Waals surface area contributed by atoms with Crippen LogP contribution in [0.5, 0.6) is 0 Å². The van der Waals surface area contributed by atoms with Crippen LogP contribution >= 0.6 is 0 Å². The highest BCUT2D eigenvalue weighted by Crippen LogP contribution is 2.15. The molecule has 1 atom stereocenters. The van der Waals surface area contributed by atoms with E-state index in [-0.39, 0.29) is 18.0 Å². The van der Waals surface area contributed by atoms with E-state index in [0.29, 0.717) is 12.3 Å². The van der Waals surface area contributed by atoms with Crippen molar-refractivity contribution >= 4 is 17.6 Å². The predicted molar refractivity (Wildman–Crippen MR) is 107 cm³/mol. The molecule has 27 heavy (non-hydrogen) atoms. The zero-order valence-electron chi connectivity index (χ0n) is 16.1. The maximum Gasteiger partial charge on any atom is 0.282 e. The van der Waals surface area contributed by atoms with E-state index in [1.54, 1.807) is 6.20 Å². The fourth-order valence-electron chi connectivity index (χ4n) is 2.52. The van der Waals surface area contributed by atoms with Crippen LogP contribution in [0, 0.1) is 0 Å². The van der Waals surface area contributed by atoms with E-state index < -0.39 is 0 Å². The monoisotopic (exact) mass is 369 g/mol. The van der Waals surface area contributed by atoms with Gasteiger partial charge >= 0.3 is 0 Å². The molecule has 7 nitrogen and oxygen atoms in total. The van der Waals surface area contributed by atoms with E-state index in [4.69, 9.17) is 10.5 Å². The van der Waals surface area contributed by atoms with Crippen LogP contribution < -0.4 is 11.1 Å². The topological polar surface area (TPSA) is 102 Å². The lowest BCUT2D eigenvalue weighted by molar-refractivity contribution is 0.102. The highest BCUT2D eigenvalue weighted by Gasteiger charge is 2.16. The van der Waals surface area contributed by atoms with Gasteiger partial charge in [0, 0.05) is 11.9 Å². The number of carbonyl (C=O) groups excluding carboxylic acids is 1. The molecule has 1 aliphatic heterocycles. The molecule has 0 saturated heterocycles. The smallest absolute Gasteiger partial charge is 0.282 e. The van der Waals surface area contributed by atoms with Crippen LogP contribution in [0.25, 0.3) is 0 Å². The molecule has 1 unspecified atom stereocenters. The van der Waals surface area contributed by atoms with E-state index >= 15 is 0 Å². The van der Waals surface area contributed by atoms with Crippen molar-refractivity contribution in [1.29, 1.82) is 0 Å². The summed E-state index contributed by atoms with van der Waals surface area (Å²) in [7, 11) is 0. The number of benzene rings is 1. The molecule has 2 heterocycles. The third-order valence-corrected chi connectivity index (χ3v) is 4.01. The highest BCUT2D eigenvalue weighted by atomic mass is 16.5. The Balaban J connectivity index is 0.00000126. The minimum atomic E-state index is -0.268. The Morgan fingerprint density at radius 1 is 1.22 bits per heavy atom. The number of amides is 1. The molecule has 144 valence electrons. The number of rotatable bonds is 6. The van der Waals surface area contributed by atoms with Gasteiger partial charge in [-0.15, -0.1) is 0 Å². The Kier molecular flexibility index (Phi) is 7.73. The molecular formula is C20H27N5O2. The van der Waals surface area contributed by atoms with Crippen molar-refractivity contribution in [2.24, 2.45) is 10.7 Å². The summed E-state index contributed by atoms with van der Waals surface area (Å²) in [5.74, 6) is -0.268. The summed E-state index contributed by atoms with van der Waals surface area (Å²) in [5, 5.41) is 2.83. The van der Waals surface area contributed by atoms with E-state index in [0.717, 1.165) is 30.6 Å².